The first-order chi connectivity index (χ1) is 12.3. The third-order valence-electron chi connectivity index (χ3n) is 4.07. The normalized spacial score (nSPS) is 18.0. The second-order valence-corrected chi connectivity index (χ2v) is 6.09. The summed E-state index contributed by atoms with van der Waals surface area (Å²) in [6.07, 6.45) is -3.55. The largest absolute Gasteiger partial charge is 0.465 e. The Balaban J connectivity index is 0.00000364. The standard InChI is InChI=1S/C17H23F3N4O2.HI/c1-21-16(23-14-7-8-24(10-14)11-17(18,19)20)22-9-12-3-5-13(6-4-12)15(25)26-2;/h3-6,14H,7-11H2,1-2H3,(H2,21,22,23);1H. The Kier molecular flexibility index (Phi) is 9.30. The van der Waals surface area contributed by atoms with Crippen LogP contribution < -0.4 is 10.6 Å². The van der Waals surface area contributed by atoms with E-state index in [-0.39, 0.29) is 30.0 Å². The zero-order chi connectivity index (χ0) is 19.2. The molecule has 27 heavy (non-hydrogen) atoms. The number of nitrogens with one attached hydrogen (secondary N) is 2. The molecule has 1 aliphatic heterocycles. The summed E-state index contributed by atoms with van der Waals surface area (Å²) in [4.78, 5) is 16.9. The van der Waals surface area contributed by atoms with Crippen LogP contribution in [0.5, 0.6) is 0 Å². The molecule has 10 heteroatoms. The van der Waals surface area contributed by atoms with Crippen LogP contribution in [-0.4, -0.2) is 62.8 Å². The van der Waals surface area contributed by atoms with Gasteiger partial charge in [0.2, 0.25) is 0 Å². The Bertz CT molecular complexity index is 638. The molecule has 0 spiro atoms. The lowest BCUT2D eigenvalue weighted by Gasteiger charge is -2.19. The van der Waals surface area contributed by atoms with E-state index in [1.807, 2.05) is 0 Å². The number of esters is 1. The van der Waals surface area contributed by atoms with Gasteiger partial charge in [0, 0.05) is 32.7 Å². The van der Waals surface area contributed by atoms with Crippen molar-refractivity contribution in [2.75, 3.05) is 33.8 Å². The SMILES string of the molecule is CN=C(NCc1ccc(C(=O)OC)cc1)NC1CCN(CC(F)(F)F)C1.I. The van der Waals surface area contributed by atoms with Gasteiger partial charge >= 0.3 is 12.1 Å². The predicted molar refractivity (Wildman–Crippen MR) is 107 cm³/mol. The minimum absolute atomic E-state index is 0. The molecule has 0 aliphatic carbocycles. The highest BCUT2D eigenvalue weighted by Gasteiger charge is 2.34. The summed E-state index contributed by atoms with van der Waals surface area (Å²) >= 11 is 0. The number of carbonyl (C=O) groups is 1. The number of nitrogens with zero attached hydrogens (tertiary/aromatic N) is 2. The molecule has 0 saturated carbocycles. The molecule has 0 amide bonds. The molecule has 1 atom stereocenters. The summed E-state index contributed by atoms with van der Waals surface area (Å²) in [7, 11) is 2.93. The molecule has 152 valence electrons. The number of alkyl halides is 3. The number of guanidine groups is 1. The average molecular weight is 500 g/mol. The number of carbonyl (C=O) groups excluding carboxylic acids is 1. The van der Waals surface area contributed by atoms with E-state index in [0.717, 1.165) is 5.56 Å². The van der Waals surface area contributed by atoms with Gasteiger partial charge in [0.05, 0.1) is 19.2 Å². The number of likely N-dealkylation sites (tertiary alicyclic amines) is 1. The zero-order valence-corrected chi connectivity index (χ0v) is 17.5. The predicted octanol–water partition coefficient (Wildman–Crippen LogP) is 2.39. The van der Waals surface area contributed by atoms with Crippen molar-refractivity contribution < 1.29 is 22.7 Å². The summed E-state index contributed by atoms with van der Waals surface area (Å²) in [5, 5.41) is 6.27. The Morgan fingerprint density at radius 1 is 1.33 bits per heavy atom. The third kappa shape index (κ3) is 7.91. The van der Waals surface area contributed by atoms with Crippen molar-refractivity contribution in [3.63, 3.8) is 0 Å². The minimum atomic E-state index is -4.18. The van der Waals surface area contributed by atoms with Gasteiger partial charge in [-0.1, -0.05) is 12.1 Å². The number of benzene rings is 1. The lowest BCUT2D eigenvalue weighted by molar-refractivity contribution is -0.143. The van der Waals surface area contributed by atoms with E-state index >= 15 is 0 Å². The monoisotopic (exact) mass is 500 g/mol. The van der Waals surface area contributed by atoms with Crippen LogP contribution in [0.15, 0.2) is 29.3 Å². The van der Waals surface area contributed by atoms with E-state index in [2.05, 4.69) is 20.4 Å². The Hall–Kier alpha value is -1.56. The third-order valence-corrected chi connectivity index (χ3v) is 4.07. The maximum absolute atomic E-state index is 12.4. The fraction of sp³-hybridized carbons (Fsp3) is 0.529. The molecular weight excluding hydrogens is 476 g/mol. The van der Waals surface area contributed by atoms with Crippen molar-refractivity contribution in [2.24, 2.45) is 4.99 Å². The van der Waals surface area contributed by atoms with Crippen LogP contribution >= 0.6 is 24.0 Å². The molecule has 0 bridgehead atoms. The molecule has 1 heterocycles. The number of aliphatic imine (C=N–C) groups is 1. The van der Waals surface area contributed by atoms with Crippen molar-refractivity contribution in [1.29, 1.82) is 0 Å². The molecule has 0 aromatic heterocycles. The highest BCUT2D eigenvalue weighted by Crippen LogP contribution is 2.19. The molecule has 1 aromatic carbocycles. The van der Waals surface area contributed by atoms with Crippen LogP contribution in [-0.2, 0) is 11.3 Å². The molecule has 2 rings (SSSR count). The smallest absolute Gasteiger partial charge is 0.401 e. The van der Waals surface area contributed by atoms with Gasteiger partial charge in [0.1, 0.15) is 0 Å². The van der Waals surface area contributed by atoms with Crippen molar-refractivity contribution in [3.05, 3.63) is 35.4 Å². The van der Waals surface area contributed by atoms with E-state index in [1.165, 1.54) is 12.0 Å². The lowest BCUT2D eigenvalue weighted by Crippen LogP contribution is -2.44. The first-order valence-electron chi connectivity index (χ1n) is 8.24. The lowest BCUT2D eigenvalue weighted by atomic mass is 10.1. The summed E-state index contributed by atoms with van der Waals surface area (Å²) in [6.45, 7) is 0.320. The first kappa shape index (κ1) is 23.5. The maximum Gasteiger partial charge on any atom is 0.401 e. The van der Waals surface area contributed by atoms with Crippen LogP contribution in [0.1, 0.15) is 22.3 Å². The summed E-state index contributed by atoms with van der Waals surface area (Å²) < 4.78 is 42.0. The number of halogens is 4. The van der Waals surface area contributed by atoms with E-state index < -0.39 is 18.7 Å². The summed E-state index contributed by atoms with van der Waals surface area (Å²) in [6, 6.07) is 6.86. The van der Waals surface area contributed by atoms with Crippen LogP contribution in [0, 0.1) is 0 Å². The molecule has 6 nitrogen and oxygen atoms in total. The zero-order valence-electron chi connectivity index (χ0n) is 15.2. The quantitative estimate of drug-likeness (QED) is 0.282. The van der Waals surface area contributed by atoms with Gasteiger partial charge in [-0.2, -0.15) is 13.2 Å². The highest BCUT2D eigenvalue weighted by atomic mass is 127. The van der Waals surface area contributed by atoms with Crippen molar-refractivity contribution in [3.8, 4) is 0 Å². The van der Waals surface area contributed by atoms with Gasteiger partial charge in [-0.3, -0.25) is 9.89 Å². The average Bonchev–Trinajstić information content (AvgIpc) is 3.03. The summed E-state index contributed by atoms with van der Waals surface area (Å²) in [5.41, 5.74) is 1.40. The Morgan fingerprint density at radius 3 is 2.56 bits per heavy atom. The van der Waals surface area contributed by atoms with Gasteiger partial charge in [-0.25, -0.2) is 4.79 Å². The fourth-order valence-electron chi connectivity index (χ4n) is 2.80. The molecule has 1 fully saturated rings. The molecule has 2 N–H and O–H groups in total. The van der Waals surface area contributed by atoms with Crippen LogP contribution in [0.2, 0.25) is 0 Å². The van der Waals surface area contributed by atoms with Gasteiger partial charge in [-0.15, -0.1) is 24.0 Å². The minimum Gasteiger partial charge on any atom is -0.465 e. The first-order valence-corrected chi connectivity index (χ1v) is 8.24. The van der Waals surface area contributed by atoms with Crippen molar-refractivity contribution >= 4 is 35.9 Å². The Labute approximate surface area is 173 Å². The number of ether oxygens (including phenoxy) is 1. The Morgan fingerprint density at radius 2 is 2.00 bits per heavy atom. The number of methoxy groups -OCH3 is 1. The van der Waals surface area contributed by atoms with Gasteiger partial charge in [0.25, 0.3) is 0 Å². The van der Waals surface area contributed by atoms with E-state index in [1.54, 1.807) is 31.3 Å². The van der Waals surface area contributed by atoms with E-state index in [0.29, 0.717) is 37.6 Å². The van der Waals surface area contributed by atoms with E-state index in [4.69, 9.17) is 0 Å². The number of rotatable bonds is 5. The molecule has 1 saturated heterocycles. The van der Waals surface area contributed by atoms with Gasteiger partial charge < -0.3 is 15.4 Å². The fourth-order valence-corrected chi connectivity index (χ4v) is 2.80. The molecule has 1 aliphatic rings. The van der Waals surface area contributed by atoms with Crippen molar-refractivity contribution in [2.45, 2.75) is 25.2 Å². The van der Waals surface area contributed by atoms with Gasteiger partial charge in [-0.05, 0) is 24.1 Å². The number of hydrogen-bond acceptors (Lipinski definition) is 4. The van der Waals surface area contributed by atoms with Gasteiger partial charge in [0.15, 0.2) is 5.96 Å². The molecule has 0 radical (unpaired) electrons. The van der Waals surface area contributed by atoms with Crippen LogP contribution in [0.25, 0.3) is 0 Å². The topological polar surface area (TPSA) is 66.0 Å². The summed E-state index contributed by atoms with van der Waals surface area (Å²) in [5.74, 6) is 0.132. The van der Waals surface area contributed by atoms with Crippen molar-refractivity contribution in [1.82, 2.24) is 15.5 Å². The second-order valence-electron chi connectivity index (χ2n) is 6.09. The highest BCUT2D eigenvalue weighted by molar-refractivity contribution is 14.0. The maximum atomic E-state index is 12.4. The second kappa shape index (κ2) is 10.7. The molecular formula is C17H24F3IN4O2. The van der Waals surface area contributed by atoms with Crippen LogP contribution in [0.4, 0.5) is 13.2 Å². The van der Waals surface area contributed by atoms with Crippen LogP contribution in [0.3, 0.4) is 0 Å². The van der Waals surface area contributed by atoms with E-state index in [9.17, 15) is 18.0 Å². The molecule has 1 aromatic rings. The molecule has 1 unspecified atom stereocenters. The number of hydrogen-bond donors (Lipinski definition) is 2.